The Hall–Kier alpha value is -2.96. The number of rotatable bonds is 5. The maximum atomic E-state index is 11.9. The van der Waals surface area contributed by atoms with E-state index in [0.717, 1.165) is 6.42 Å². The van der Waals surface area contributed by atoms with Gasteiger partial charge in [-0.3, -0.25) is 4.79 Å². The topological polar surface area (TPSA) is 101 Å². The van der Waals surface area contributed by atoms with Crippen LogP contribution in [0.25, 0.3) is 0 Å². The first-order chi connectivity index (χ1) is 10.5. The zero-order valence-electron chi connectivity index (χ0n) is 11.9. The number of anilines is 1. The predicted octanol–water partition coefficient (Wildman–Crippen LogP) is 1.91. The van der Waals surface area contributed by atoms with Crippen LogP contribution in [0.1, 0.15) is 30.1 Å². The molecule has 0 aliphatic rings. The minimum Gasteiger partial charge on any atom is -0.492 e. The third-order valence-electron chi connectivity index (χ3n) is 2.85. The van der Waals surface area contributed by atoms with Crippen molar-refractivity contribution in [3.8, 4) is 11.8 Å². The van der Waals surface area contributed by atoms with Gasteiger partial charge >= 0.3 is 5.97 Å². The minimum absolute atomic E-state index is 0.0972. The van der Waals surface area contributed by atoms with Gasteiger partial charge in [0.05, 0.1) is 5.56 Å². The Bertz CT molecular complexity index is 656. The molecule has 0 aliphatic carbocycles. The Morgan fingerprint density at radius 1 is 1.09 bits per heavy atom. The second-order valence-electron chi connectivity index (χ2n) is 4.60. The molecule has 1 aromatic heterocycles. The zero-order valence-corrected chi connectivity index (χ0v) is 11.9. The number of carbonyl (C=O) groups is 2. The summed E-state index contributed by atoms with van der Waals surface area (Å²) >= 11 is 0. The lowest BCUT2D eigenvalue weighted by molar-refractivity contribution is -0.116. The number of hydrogen-bond acceptors (Lipinski definition) is 5. The van der Waals surface area contributed by atoms with Crippen molar-refractivity contribution in [2.24, 2.45) is 0 Å². The number of amides is 1. The maximum Gasteiger partial charge on any atom is 0.363 e. The highest BCUT2D eigenvalue weighted by Gasteiger charge is 2.14. The summed E-state index contributed by atoms with van der Waals surface area (Å²) in [7, 11) is 0. The highest BCUT2D eigenvalue weighted by atomic mass is 16.7. The fraction of sp³-hybridized carbons (Fsp3) is 0.200. The molecule has 0 spiro atoms. The number of aromatic nitrogens is 1. The predicted molar refractivity (Wildman–Crippen MR) is 78.7 cm³/mol. The quantitative estimate of drug-likeness (QED) is 0.783. The number of aromatic hydroxyl groups is 2. The molecule has 0 radical (unpaired) electrons. The summed E-state index contributed by atoms with van der Waals surface area (Å²) < 4.78 is 0.610. The number of nitrogens with zero attached hydrogens (tertiary/aromatic N) is 1. The lowest BCUT2D eigenvalue weighted by Crippen LogP contribution is -2.19. The van der Waals surface area contributed by atoms with E-state index in [1.54, 1.807) is 12.1 Å². The summed E-state index contributed by atoms with van der Waals surface area (Å²) in [6.07, 6.45) is 1.18. The van der Waals surface area contributed by atoms with Crippen LogP contribution in [-0.4, -0.2) is 26.8 Å². The fourth-order valence-electron chi connectivity index (χ4n) is 1.77. The minimum atomic E-state index is -0.756. The summed E-state index contributed by atoms with van der Waals surface area (Å²) in [4.78, 5) is 28.2. The van der Waals surface area contributed by atoms with E-state index in [-0.39, 0.29) is 11.5 Å². The Kier molecular flexibility index (Phi) is 4.67. The van der Waals surface area contributed by atoms with Gasteiger partial charge in [0.25, 0.3) is 0 Å². The van der Waals surface area contributed by atoms with Gasteiger partial charge in [-0.2, -0.15) is 0 Å². The Balaban J connectivity index is 2.04. The van der Waals surface area contributed by atoms with E-state index in [0.29, 0.717) is 16.8 Å². The first-order valence-electron chi connectivity index (χ1n) is 6.73. The summed E-state index contributed by atoms with van der Waals surface area (Å²) in [5.74, 6) is -1.64. The van der Waals surface area contributed by atoms with E-state index < -0.39 is 17.7 Å². The molecule has 0 saturated carbocycles. The van der Waals surface area contributed by atoms with E-state index in [4.69, 9.17) is 4.84 Å². The molecule has 7 heteroatoms. The van der Waals surface area contributed by atoms with Crippen LogP contribution in [0.4, 0.5) is 5.69 Å². The molecule has 0 atom stereocenters. The van der Waals surface area contributed by atoms with Crippen LogP contribution >= 0.6 is 0 Å². The molecule has 0 bridgehead atoms. The van der Waals surface area contributed by atoms with Crippen molar-refractivity contribution in [2.75, 3.05) is 5.32 Å². The Morgan fingerprint density at radius 2 is 1.68 bits per heavy atom. The Labute approximate surface area is 126 Å². The molecule has 22 heavy (non-hydrogen) atoms. The number of benzene rings is 1. The van der Waals surface area contributed by atoms with Crippen molar-refractivity contribution in [3.05, 3.63) is 42.0 Å². The number of hydrogen-bond donors (Lipinski definition) is 3. The molecule has 0 saturated heterocycles. The Morgan fingerprint density at radius 3 is 2.23 bits per heavy atom. The molecule has 116 valence electrons. The summed E-state index contributed by atoms with van der Waals surface area (Å²) in [6.45, 7) is 1.91. The molecule has 1 amide bonds. The van der Waals surface area contributed by atoms with E-state index in [1.165, 1.54) is 24.3 Å². The highest BCUT2D eigenvalue weighted by Crippen LogP contribution is 2.19. The molecule has 0 fully saturated rings. The fourth-order valence-corrected chi connectivity index (χ4v) is 1.77. The van der Waals surface area contributed by atoms with Gasteiger partial charge in [-0.25, -0.2) is 4.79 Å². The average molecular weight is 304 g/mol. The highest BCUT2D eigenvalue weighted by molar-refractivity contribution is 5.93. The lowest BCUT2D eigenvalue weighted by Gasteiger charge is -2.08. The third-order valence-corrected chi connectivity index (χ3v) is 2.85. The summed E-state index contributed by atoms with van der Waals surface area (Å²) in [6, 6.07) is 8.46. The van der Waals surface area contributed by atoms with E-state index in [9.17, 15) is 19.8 Å². The van der Waals surface area contributed by atoms with Gasteiger partial charge in [0, 0.05) is 24.2 Å². The standard InChI is InChI=1S/C15H16N2O5/c1-2-3-12(18)16-11-6-4-10(5-7-11)15(21)22-17-13(19)8-9-14(17)20/h4-9,19-20H,2-3H2,1H3,(H,16,18). The third kappa shape index (κ3) is 3.57. The molecule has 2 rings (SSSR count). The molecule has 0 unspecified atom stereocenters. The van der Waals surface area contributed by atoms with Crippen LogP contribution in [0.15, 0.2) is 36.4 Å². The van der Waals surface area contributed by atoms with E-state index >= 15 is 0 Å². The van der Waals surface area contributed by atoms with Gasteiger partial charge < -0.3 is 20.4 Å². The molecule has 1 aromatic carbocycles. The maximum absolute atomic E-state index is 11.9. The second-order valence-corrected chi connectivity index (χ2v) is 4.60. The van der Waals surface area contributed by atoms with Crippen LogP contribution in [0, 0.1) is 0 Å². The van der Waals surface area contributed by atoms with Gasteiger partial charge in [0.15, 0.2) is 0 Å². The largest absolute Gasteiger partial charge is 0.492 e. The molecular formula is C15H16N2O5. The van der Waals surface area contributed by atoms with Crippen molar-refractivity contribution in [2.45, 2.75) is 19.8 Å². The van der Waals surface area contributed by atoms with Crippen molar-refractivity contribution < 1.29 is 24.6 Å². The first-order valence-corrected chi connectivity index (χ1v) is 6.73. The van der Waals surface area contributed by atoms with Crippen LogP contribution in [0.5, 0.6) is 11.8 Å². The summed E-state index contributed by atoms with van der Waals surface area (Å²) in [5.41, 5.74) is 0.780. The molecule has 0 aliphatic heterocycles. The van der Waals surface area contributed by atoms with Crippen LogP contribution < -0.4 is 10.2 Å². The van der Waals surface area contributed by atoms with E-state index in [2.05, 4.69) is 5.32 Å². The van der Waals surface area contributed by atoms with Gasteiger partial charge in [0.2, 0.25) is 17.7 Å². The van der Waals surface area contributed by atoms with Gasteiger partial charge in [-0.15, -0.1) is 4.73 Å². The zero-order chi connectivity index (χ0) is 16.1. The average Bonchev–Trinajstić information content (AvgIpc) is 2.80. The smallest absolute Gasteiger partial charge is 0.363 e. The van der Waals surface area contributed by atoms with Crippen molar-refractivity contribution in [3.63, 3.8) is 0 Å². The molecule has 3 N–H and O–H groups in total. The monoisotopic (exact) mass is 304 g/mol. The van der Waals surface area contributed by atoms with Crippen LogP contribution in [0.2, 0.25) is 0 Å². The van der Waals surface area contributed by atoms with Crippen LogP contribution in [0.3, 0.4) is 0 Å². The van der Waals surface area contributed by atoms with Gasteiger partial charge in [-0.1, -0.05) is 6.92 Å². The second kappa shape index (κ2) is 6.66. The number of carbonyl (C=O) groups excluding carboxylic acids is 2. The SMILES string of the molecule is CCCC(=O)Nc1ccc(C(=O)On2c(O)ccc2O)cc1. The van der Waals surface area contributed by atoms with Crippen molar-refractivity contribution >= 4 is 17.6 Å². The normalized spacial score (nSPS) is 10.2. The van der Waals surface area contributed by atoms with Gasteiger partial charge in [0.1, 0.15) is 0 Å². The van der Waals surface area contributed by atoms with Crippen molar-refractivity contribution in [1.82, 2.24) is 4.73 Å². The van der Waals surface area contributed by atoms with Gasteiger partial charge in [-0.05, 0) is 30.7 Å². The van der Waals surface area contributed by atoms with Crippen molar-refractivity contribution in [1.29, 1.82) is 0 Å². The summed E-state index contributed by atoms with van der Waals surface area (Å²) in [5, 5.41) is 21.5. The molecule has 1 heterocycles. The first kappa shape index (κ1) is 15.4. The lowest BCUT2D eigenvalue weighted by atomic mass is 10.2. The molecular weight excluding hydrogens is 288 g/mol. The number of nitrogens with one attached hydrogen (secondary N) is 1. The van der Waals surface area contributed by atoms with E-state index in [1.807, 2.05) is 6.92 Å². The molecule has 2 aromatic rings. The molecule has 7 nitrogen and oxygen atoms in total. The van der Waals surface area contributed by atoms with Crippen LogP contribution in [-0.2, 0) is 4.79 Å².